The number of hydrogen-bond acceptors (Lipinski definition) is 2. The predicted molar refractivity (Wildman–Crippen MR) is 88.8 cm³/mol. The topological polar surface area (TPSA) is 29.1 Å². The maximum atomic E-state index is 12.6. The van der Waals surface area contributed by atoms with Crippen LogP contribution >= 0.6 is 22.6 Å². The van der Waals surface area contributed by atoms with E-state index in [0.29, 0.717) is 6.42 Å². The van der Waals surface area contributed by atoms with Crippen LogP contribution in [0.3, 0.4) is 0 Å². The summed E-state index contributed by atoms with van der Waals surface area (Å²) in [4.78, 5) is 12.6. The molecule has 0 radical (unpaired) electrons. The molecule has 2 aromatic carbocycles. The van der Waals surface area contributed by atoms with Crippen LogP contribution in [0.15, 0.2) is 48.5 Å². The third kappa shape index (κ3) is 2.94. The number of ketones is 1. The molecule has 0 aromatic heterocycles. The van der Waals surface area contributed by atoms with E-state index < -0.39 is 0 Å². The molecule has 20 heavy (non-hydrogen) atoms. The van der Waals surface area contributed by atoms with Crippen LogP contribution in [0.1, 0.15) is 22.7 Å². The minimum atomic E-state index is -0.153. The van der Waals surface area contributed by atoms with Gasteiger partial charge in [-0.15, -0.1) is 0 Å². The van der Waals surface area contributed by atoms with Gasteiger partial charge in [0.15, 0.2) is 5.78 Å². The van der Waals surface area contributed by atoms with Crippen molar-refractivity contribution >= 4 is 28.4 Å². The van der Waals surface area contributed by atoms with E-state index in [0.717, 1.165) is 24.1 Å². The first-order valence-corrected chi connectivity index (χ1v) is 7.90. The number of carbonyl (C=O) groups is 1. The van der Waals surface area contributed by atoms with Gasteiger partial charge in [-0.05, 0) is 57.8 Å². The number of Topliss-reactive ketones (excluding diaryl/α,β-unsaturated/α-hetero) is 1. The van der Waals surface area contributed by atoms with Crippen molar-refractivity contribution in [3.05, 3.63) is 68.8 Å². The molecule has 2 nitrogen and oxygen atoms in total. The lowest BCUT2D eigenvalue weighted by Crippen LogP contribution is -2.35. The van der Waals surface area contributed by atoms with E-state index in [2.05, 4.69) is 40.0 Å². The number of hydrogen-bond donors (Lipinski definition) is 1. The molecule has 1 unspecified atom stereocenters. The molecule has 1 heterocycles. The first-order valence-electron chi connectivity index (χ1n) is 6.82. The SMILES string of the molecule is O=C(Cc1ccc(I)cc1)C1NCCc2ccccc21. The smallest absolute Gasteiger partial charge is 0.158 e. The lowest BCUT2D eigenvalue weighted by Gasteiger charge is -2.25. The van der Waals surface area contributed by atoms with Crippen LogP contribution in [-0.4, -0.2) is 12.3 Å². The van der Waals surface area contributed by atoms with Gasteiger partial charge >= 0.3 is 0 Å². The third-order valence-electron chi connectivity index (χ3n) is 3.72. The highest BCUT2D eigenvalue weighted by atomic mass is 127. The monoisotopic (exact) mass is 377 g/mol. The Kier molecular flexibility index (Phi) is 4.17. The lowest BCUT2D eigenvalue weighted by atomic mass is 9.90. The Morgan fingerprint density at radius 2 is 1.90 bits per heavy atom. The van der Waals surface area contributed by atoms with Gasteiger partial charge in [-0.2, -0.15) is 0 Å². The number of carbonyl (C=O) groups excluding carboxylic acids is 1. The molecule has 0 aliphatic carbocycles. The van der Waals surface area contributed by atoms with Crippen LogP contribution < -0.4 is 5.32 Å². The molecular formula is C17H16INO. The zero-order valence-corrected chi connectivity index (χ0v) is 13.3. The van der Waals surface area contributed by atoms with E-state index in [1.54, 1.807) is 0 Å². The second-order valence-corrected chi connectivity index (χ2v) is 6.35. The molecule has 0 fully saturated rings. The van der Waals surface area contributed by atoms with E-state index in [9.17, 15) is 4.79 Å². The summed E-state index contributed by atoms with van der Waals surface area (Å²) >= 11 is 2.28. The fourth-order valence-electron chi connectivity index (χ4n) is 2.70. The first kappa shape index (κ1) is 13.8. The maximum absolute atomic E-state index is 12.6. The molecule has 1 atom stereocenters. The van der Waals surface area contributed by atoms with Crippen molar-refractivity contribution in [3.8, 4) is 0 Å². The Balaban J connectivity index is 1.80. The van der Waals surface area contributed by atoms with Crippen LogP contribution in [0.25, 0.3) is 0 Å². The Bertz CT molecular complexity index is 621. The quantitative estimate of drug-likeness (QED) is 0.832. The Hall–Kier alpha value is -1.20. The summed E-state index contributed by atoms with van der Waals surface area (Å²) in [6.45, 7) is 0.875. The number of benzene rings is 2. The van der Waals surface area contributed by atoms with Crippen LogP contribution in [-0.2, 0) is 17.6 Å². The van der Waals surface area contributed by atoms with Crippen molar-refractivity contribution in [2.24, 2.45) is 0 Å². The van der Waals surface area contributed by atoms with Gasteiger partial charge < -0.3 is 5.32 Å². The highest BCUT2D eigenvalue weighted by Crippen LogP contribution is 2.24. The van der Waals surface area contributed by atoms with E-state index in [1.165, 1.54) is 9.13 Å². The molecule has 3 heteroatoms. The molecule has 102 valence electrons. The zero-order valence-electron chi connectivity index (χ0n) is 11.1. The molecule has 0 spiro atoms. The number of nitrogens with one attached hydrogen (secondary N) is 1. The predicted octanol–water partition coefficient (Wildman–Crippen LogP) is 3.29. The van der Waals surface area contributed by atoms with Gasteiger partial charge in [0, 0.05) is 16.5 Å². The second-order valence-electron chi connectivity index (χ2n) is 5.11. The van der Waals surface area contributed by atoms with Gasteiger partial charge in [-0.1, -0.05) is 36.4 Å². The average Bonchev–Trinajstić information content (AvgIpc) is 2.49. The Labute approximate surface area is 132 Å². The van der Waals surface area contributed by atoms with E-state index in [4.69, 9.17) is 0 Å². The molecule has 1 aliphatic rings. The molecule has 3 rings (SSSR count). The molecule has 0 saturated heterocycles. The number of halogens is 1. The summed E-state index contributed by atoms with van der Waals surface area (Å²) < 4.78 is 1.19. The van der Waals surface area contributed by atoms with Gasteiger partial charge in [0.25, 0.3) is 0 Å². The van der Waals surface area contributed by atoms with Gasteiger partial charge in [0.05, 0.1) is 6.04 Å². The molecule has 1 N–H and O–H groups in total. The van der Waals surface area contributed by atoms with Gasteiger partial charge in [0.1, 0.15) is 0 Å². The number of rotatable bonds is 3. The summed E-state index contributed by atoms with van der Waals surface area (Å²) in [5, 5.41) is 3.36. The Morgan fingerprint density at radius 1 is 1.15 bits per heavy atom. The molecular weight excluding hydrogens is 361 g/mol. The van der Waals surface area contributed by atoms with Crippen LogP contribution in [0.4, 0.5) is 0 Å². The van der Waals surface area contributed by atoms with Crippen molar-refractivity contribution < 1.29 is 4.79 Å². The van der Waals surface area contributed by atoms with Crippen molar-refractivity contribution in [2.45, 2.75) is 18.9 Å². The average molecular weight is 377 g/mol. The molecule has 1 aliphatic heterocycles. The minimum absolute atomic E-state index is 0.153. The normalized spacial score (nSPS) is 17.6. The lowest BCUT2D eigenvalue weighted by molar-refractivity contribution is -0.120. The first-order chi connectivity index (χ1) is 9.74. The maximum Gasteiger partial charge on any atom is 0.158 e. The summed E-state index contributed by atoms with van der Waals surface area (Å²) in [6, 6.07) is 16.3. The molecule has 0 bridgehead atoms. The highest BCUT2D eigenvalue weighted by Gasteiger charge is 2.25. The third-order valence-corrected chi connectivity index (χ3v) is 4.44. The zero-order chi connectivity index (χ0) is 13.9. The molecule has 0 saturated carbocycles. The fourth-order valence-corrected chi connectivity index (χ4v) is 3.06. The second kappa shape index (κ2) is 6.06. The van der Waals surface area contributed by atoms with Crippen LogP contribution in [0.5, 0.6) is 0 Å². The van der Waals surface area contributed by atoms with Crippen molar-refractivity contribution in [1.82, 2.24) is 5.32 Å². The minimum Gasteiger partial charge on any atom is -0.303 e. The van der Waals surface area contributed by atoms with Gasteiger partial charge in [-0.3, -0.25) is 4.79 Å². The van der Waals surface area contributed by atoms with Crippen LogP contribution in [0, 0.1) is 3.57 Å². The number of fused-ring (bicyclic) bond motifs is 1. The Morgan fingerprint density at radius 3 is 2.70 bits per heavy atom. The summed E-state index contributed by atoms with van der Waals surface area (Å²) in [5.74, 6) is 0.248. The summed E-state index contributed by atoms with van der Waals surface area (Å²) in [6.07, 6.45) is 1.49. The highest BCUT2D eigenvalue weighted by molar-refractivity contribution is 14.1. The standard InChI is InChI=1S/C17H16INO/c18-14-7-5-12(6-8-14)11-16(20)17-15-4-2-1-3-13(15)9-10-19-17/h1-8,17,19H,9-11H2. The van der Waals surface area contributed by atoms with Crippen LogP contribution in [0.2, 0.25) is 0 Å². The van der Waals surface area contributed by atoms with Crippen molar-refractivity contribution in [2.75, 3.05) is 6.54 Å². The summed E-state index contributed by atoms with van der Waals surface area (Å²) in [5.41, 5.74) is 3.53. The van der Waals surface area contributed by atoms with Gasteiger partial charge in [-0.25, -0.2) is 0 Å². The van der Waals surface area contributed by atoms with E-state index in [-0.39, 0.29) is 11.8 Å². The fraction of sp³-hybridized carbons (Fsp3) is 0.235. The molecule has 0 amide bonds. The van der Waals surface area contributed by atoms with Gasteiger partial charge in [0.2, 0.25) is 0 Å². The largest absolute Gasteiger partial charge is 0.303 e. The van der Waals surface area contributed by atoms with E-state index in [1.807, 2.05) is 36.4 Å². The van der Waals surface area contributed by atoms with Crippen molar-refractivity contribution in [3.63, 3.8) is 0 Å². The van der Waals surface area contributed by atoms with Crippen molar-refractivity contribution in [1.29, 1.82) is 0 Å². The molecule has 2 aromatic rings. The summed E-state index contributed by atoms with van der Waals surface area (Å²) in [7, 11) is 0. The van der Waals surface area contributed by atoms with E-state index >= 15 is 0 Å².